The Labute approximate surface area is 161 Å². The zero-order valence-electron chi connectivity index (χ0n) is 15.2. The summed E-state index contributed by atoms with van der Waals surface area (Å²) < 4.78 is 5.15. The van der Waals surface area contributed by atoms with Crippen molar-refractivity contribution in [2.45, 2.75) is 6.92 Å². The third kappa shape index (κ3) is 3.66. The first kappa shape index (κ1) is 17.6. The summed E-state index contributed by atoms with van der Waals surface area (Å²) >= 11 is 0. The first-order valence-corrected chi connectivity index (χ1v) is 8.77. The fraction of sp³-hybridized carbons (Fsp3) is 0.0909. The number of nitrogens with zero attached hydrogens (tertiary/aromatic N) is 2. The summed E-state index contributed by atoms with van der Waals surface area (Å²) in [5.41, 5.74) is 4.43. The number of hydrogen-bond acceptors (Lipinski definition) is 5. The molecule has 1 N–H and O–H groups in total. The number of ether oxygens (including phenoxy) is 1. The van der Waals surface area contributed by atoms with Crippen molar-refractivity contribution in [3.8, 4) is 11.4 Å². The lowest BCUT2D eigenvalue weighted by Crippen LogP contribution is -2.14. The molecule has 0 atom stereocenters. The average Bonchev–Trinajstić information content (AvgIpc) is 3.16. The number of carbonyl (C=O) groups excluding carboxylic acids is 2. The predicted octanol–water partition coefficient (Wildman–Crippen LogP) is 3.97. The lowest BCUT2D eigenvalue weighted by molar-refractivity contribution is 0.0475. The molecule has 2 aromatic heterocycles. The van der Waals surface area contributed by atoms with E-state index >= 15 is 0 Å². The number of imidazole rings is 1. The van der Waals surface area contributed by atoms with E-state index in [-0.39, 0.29) is 12.4 Å². The van der Waals surface area contributed by atoms with Gasteiger partial charge < -0.3 is 9.72 Å². The van der Waals surface area contributed by atoms with E-state index in [0.29, 0.717) is 11.1 Å². The molecule has 0 saturated heterocycles. The van der Waals surface area contributed by atoms with Crippen LogP contribution < -0.4 is 0 Å². The summed E-state index contributed by atoms with van der Waals surface area (Å²) in [5.74, 6) is -0.107. The molecule has 0 aliphatic heterocycles. The van der Waals surface area contributed by atoms with Gasteiger partial charge in [0.15, 0.2) is 12.4 Å². The maximum absolute atomic E-state index is 12.3. The van der Waals surface area contributed by atoms with Crippen LogP contribution in [0.2, 0.25) is 0 Å². The number of pyridine rings is 1. The van der Waals surface area contributed by atoms with Crippen LogP contribution in [0.25, 0.3) is 22.4 Å². The molecule has 2 aromatic carbocycles. The van der Waals surface area contributed by atoms with Crippen molar-refractivity contribution in [3.63, 3.8) is 0 Å². The van der Waals surface area contributed by atoms with Crippen molar-refractivity contribution < 1.29 is 14.3 Å². The van der Waals surface area contributed by atoms with Crippen molar-refractivity contribution in [2.75, 3.05) is 6.61 Å². The van der Waals surface area contributed by atoms with Gasteiger partial charge in [-0.15, -0.1) is 0 Å². The number of benzene rings is 2. The second-order valence-electron chi connectivity index (χ2n) is 6.42. The lowest BCUT2D eigenvalue weighted by Gasteiger charge is -2.04. The van der Waals surface area contributed by atoms with E-state index in [1.165, 1.54) is 18.0 Å². The highest BCUT2D eigenvalue weighted by Gasteiger charge is 2.14. The standard InChI is InChI=1S/C22H17N3O3/c1-14-2-4-16(5-3-14)21-24-18-7-6-17(12-19(18)25-21)22(27)28-13-20(26)15-8-10-23-11-9-15/h2-12H,13H2,1H3,(H,24,25). The van der Waals surface area contributed by atoms with Crippen LogP contribution >= 0.6 is 0 Å². The Morgan fingerprint density at radius 3 is 2.46 bits per heavy atom. The number of aryl methyl sites for hydroxylation is 1. The van der Waals surface area contributed by atoms with Gasteiger partial charge in [-0.25, -0.2) is 9.78 Å². The molecule has 0 aliphatic rings. The highest BCUT2D eigenvalue weighted by atomic mass is 16.5. The molecule has 0 spiro atoms. The van der Waals surface area contributed by atoms with Crippen LogP contribution in [0.3, 0.4) is 0 Å². The van der Waals surface area contributed by atoms with Crippen LogP contribution in [-0.2, 0) is 4.74 Å². The molecule has 0 aliphatic carbocycles. The fourth-order valence-corrected chi connectivity index (χ4v) is 2.82. The molecule has 6 nitrogen and oxygen atoms in total. The van der Waals surface area contributed by atoms with E-state index in [1.807, 2.05) is 31.2 Å². The molecular weight excluding hydrogens is 354 g/mol. The maximum Gasteiger partial charge on any atom is 0.338 e. The van der Waals surface area contributed by atoms with E-state index < -0.39 is 5.97 Å². The summed E-state index contributed by atoms with van der Waals surface area (Å²) in [6.07, 6.45) is 3.04. The molecule has 2 heterocycles. The van der Waals surface area contributed by atoms with Crippen molar-refractivity contribution in [1.82, 2.24) is 15.0 Å². The van der Waals surface area contributed by atoms with Crippen molar-refractivity contribution in [3.05, 3.63) is 83.7 Å². The molecular formula is C22H17N3O3. The zero-order chi connectivity index (χ0) is 19.5. The number of H-pyrrole nitrogens is 1. The molecule has 4 rings (SSSR count). The van der Waals surface area contributed by atoms with E-state index in [1.54, 1.807) is 30.3 Å². The predicted molar refractivity (Wildman–Crippen MR) is 105 cm³/mol. The number of fused-ring (bicyclic) bond motifs is 1. The summed E-state index contributed by atoms with van der Waals surface area (Å²) in [6.45, 7) is 1.71. The van der Waals surface area contributed by atoms with Gasteiger partial charge in [-0.3, -0.25) is 9.78 Å². The number of Topliss-reactive ketones (excluding diaryl/α,β-unsaturated/α-hetero) is 1. The van der Waals surface area contributed by atoms with E-state index in [9.17, 15) is 9.59 Å². The number of hydrogen-bond donors (Lipinski definition) is 1. The first-order valence-electron chi connectivity index (χ1n) is 8.77. The Hall–Kier alpha value is -3.80. The Kier molecular flexibility index (Phi) is 4.68. The SMILES string of the molecule is Cc1ccc(-c2nc3ccc(C(=O)OCC(=O)c4ccncc4)cc3[nH]2)cc1. The van der Waals surface area contributed by atoms with Gasteiger partial charge in [0.05, 0.1) is 16.6 Å². The summed E-state index contributed by atoms with van der Waals surface area (Å²) in [5, 5.41) is 0. The maximum atomic E-state index is 12.3. The van der Waals surface area contributed by atoms with E-state index in [0.717, 1.165) is 22.4 Å². The zero-order valence-corrected chi connectivity index (χ0v) is 15.2. The quantitative estimate of drug-likeness (QED) is 0.424. The number of nitrogens with one attached hydrogen (secondary N) is 1. The minimum atomic E-state index is -0.559. The third-order valence-corrected chi connectivity index (χ3v) is 4.38. The Morgan fingerprint density at radius 1 is 0.964 bits per heavy atom. The molecule has 28 heavy (non-hydrogen) atoms. The fourth-order valence-electron chi connectivity index (χ4n) is 2.82. The third-order valence-electron chi connectivity index (χ3n) is 4.38. The topological polar surface area (TPSA) is 84.9 Å². The van der Waals surface area contributed by atoms with Crippen molar-refractivity contribution in [2.24, 2.45) is 0 Å². The van der Waals surface area contributed by atoms with E-state index in [2.05, 4.69) is 15.0 Å². The lowest BCUT2D eigenvalue weighted by atomic mass is 10.1. The first-order chi connectivity index (χ1) is 13.6. The van der Waals surface area contributed by atoms with Crippen LogP contribution in [0.1, 0.15) is 26.3 Å². The number of aromatic nitrogens is 3. The van der Waals surface area contributed by atoms with Gasteiger partial charge in [-0.2, -0.15) is 0 Å². The minimum Gasteiger partial charge on any atom is -0.454 e. The van der Waals surface area contributed by atoms with Gasteiger partial charge in [0.1, 0.15) is 5.82 Å². The highest BCUT2D eigenvalue weighted by Crippen LogP contribution is 2.22. The summed E-state index contributed by atoms with van der Waals surface area (Å²) in [4.78, 5) is 36.0. The number of aromatic amines is 1. The van der Waals surface area contributed by atoms with Crippen LogP contribution in [0.15, 0.2) is 67.0 Å². The molecule has 0 saturated carbocycles. The largest absolute Gasteiger partial charge is 0.454 e. The van der Waals surface area contributed by atoms with Crippen LogP contribution in [-0.4, -0.2) is 33.3 Å². The van der Waals surface area contributed by atoms with Gasteiger partial charge in [-0.1, -0.05) is 29.8 Å². The van der Waals surface area contributed by atoms with Crippen molar-refractivity contribution in [1.29, 1.82) is 0 Å². The second-order valence-corrected chi connectivity index (χ2v) is 6.42. The summed E-state index contributed by atoms with van der Waals surface area (Å²) in [7, 11) is 0. The smallest absolute Gasteiger partial charge is 0.338 e. The van der Waals surface area contributed by atoms with Crippen molar-refractivity contribution >= 4 is 22.8 Å². The highest BCUT2D eigenvalue weighted by molar-refractivity contribution is 6.00. The Morgan fingerprint density at radius 2 is 1.71 bits per heavy atom. The average molecular weight is 371 g/mol. The minimum absolute atomic E-state index is 0.278. The van der Waals surface area contributed by atoms with Crippen LogP contribution in [0.4, 0.5) is 0 Å². The number of rotatable bonds is 5. The molecule has 138 valence electrons. The number of carbonyl (C=O) groups is 2. The molecule has 0 bridgehead atoms. The monoisotopic (exact) mass is 371 g/mol. The molecule has 0 radical (unpaired) electrons. The molecule has 4 aromatic rings. The van der Waals surface area contributed by atoms with Gasteiger partial charge in [0.25, 0.3) is 0 Å². The normalized spacial score (nSPS) is 10.8. The van der Waals surface area contributed by atoms with Gasteiger partial charge >= 0.3 is 5.97 Å². The van der Waals surface area contributed by atoms with Crippen LogP contribution in [0.5, 0.6) is 0 Å². The molecule has 0 fully saturated rings. The van der Waals surface area contributed by atoms with Gasteiger partial charge in [0, 0.05) is 23.5 Å². The van der Waals surface area contributed by atoms with E-state index in [4.69, 9.17) is 4.74 Å². The second kappa shape index (κ2) is 7.44. The molecule has 0 unspecified atom stereocenters. The Balaban J connectivity index is 1.50. The van der Waals surface area contributed by atoms with Gasteiger partial charge in [0.2, 0.25) is 0 Å². The Bertz CT molecular complexity index is 1150. The van der Waals surface area contributed by atoms with Crippen LogP contribution in [0, 0.1) is 6.92 Å². The number of ketones is 1. The molecule has 0 amide bonds. The number of esters is 1. The van der Waals surface area contributed by atoms with Gasteiger partial charge in [-0.05, 0) is 37.3 Å². The summed E-state index contributed by atoms with van der Waals surface area (Å²) in [6, 6.07) is 16.3. The molecule has 6 heteroatoms.